The zero-order valence-electron chi connectivity index (χ0n) is 17.3. The maximum absolute atomic E-state index is 13.1. The minimum Gasteiger partial charge on any atom is -0.507 e. The van der Waals surface area contributed by atoms with Crippen LogP contribution in [0.4, 0.5) is 5.13 Å². The van der Waals surface area contributed by atoms with Crippen molar-refractivity contribution in [2.24, 2.45) is 0 Å². The van der Waals surface area contributed by atoms with Gasteiger partial charge in [-0.3, -0.25) is 14.5 Å². The molecular weight excluding hydrogens is 448 g/mol. The summed E-state index contributed by atoms with van der Waals surface area (Å²) < 4.78 is 5.83. The lowest BCUT2D eigenvalue weighted by Gasteiger charge is -2.23. The number of nitrogens with zero attached hydrogens (tertiary/aromatic N) is 2. The Morgan fingerprint density at radius 3 is 2.69 bits per heavy atom. The number of carbonyl (C=O) groups is 2. The van der Waals surface area contributed by atoms with Gasteiger partial charge < -0.3 is 9.84 Å². The van der Waals surface area contributed by atoms with Crippen LogP contribution in [0.25, 0.3) is 5.76 Å². The Labute approximate surface area is 194 Å². The standard InChI is InChI=1S/C24H21ClN2O4S/c1-2-3-12-31-18-6-4-5-16(14-18)20-19(21(28)15-7-9-17(25)10-8-15)22(29)23(30)27(20)24-26-11-13-32-24/h4-11,13-14,20,28H,2-3,12H2,1H3/b21-19+. The van der Waals surface area contributed by atoms with E-state index in [4.69, 9.17) is 16.3 Å². The van der Waals surface area contributed by atoms with Gasteiger partial charge in [0, 0.05) is 22.2 Å². The first-order valence-corrected chi connectivity index (χ1v) is 11.5. The molecule has 1 unspecified atom stereocenters. The van der Waals surface area contributed by atoms with Crippen molar-refractivity contribution >= 4 is 45.5 Å². The van der Waals surface area contributed by atoms with Crippen LogP contribution in [0, 0.1) is 0 Å². The molecule has 1 N–H and O–H groups in total. The molecular formula is C24H21ClN2O4S. The molecule has 32 heavy (non-hydrogen) atoms. The van der Waals surface area contributed by atoms with E-state index in [9.17, 15) is 14.7 Å². The van der Waals surface area contributed by atoms with Crippen LogP contribution in [0.1, 0.15) is 36.9 Å². The molecule has 1 aliphatic rings. The van der Waals surface area contributed by atoms with E-state index in [0.29, 0.717) is 33.6 Å². The molecule has 0 spiro atoms. The number of aliphatic hydroxyl groups is 1. The predicted molar refractivity (Wildman–Crippen MR) is 125 cm³/mol. The molecule has 164 valence electrons. The average Bonchev–Trinajstić information content (AvgIpc) is 3.41. The largest absolute Gasteiger partial charge is 0.507 e. The van der Waals surface area contributed by atoms with Crippen molar-refractivity contribution in [3.05, 3.63) is 81.8 Å². The van der Waals surface area contributed by atoms with Crippen molar-refractivity contribution in [3.8, 4) is 5.75 Å². The zero-order chi connectivity index (χ0) is 22.7. The molecule has 0 radical (unpaired) electrons. The van der Waals surface area contributed by atoms with Crippen LogP contribution in [-0.4, -0.2) is 28.4 Å². The fourth-order valence-corrected chi connectivity index (χ4v) is 4.35. The van der Waals surface area contributed by atoms with Gasteiger partial charge >= 0.3 is 5.91 Å². The van der Waals surface area contributed by atoms with E-state index in [0.717, 1.165) is 12.8 Å². The van der Waals surface area contributed by atoms with Gasteiger partial charge in [-0.1, -0.05) is 37.1 Å². The minimum absolute atomic E-state index is 0.00164. The van der Waals surface area contributed by atoms with E-state index in [-0.39, 0.29) is 11.3 Å². The van der Waals surface area contributed by atoms with Crippen LogP contribution >= 0.6 is 22.9 Å². The summed E-state index contributed by atoms with van der Waals surface area (Å²) in [6.45, 7) is 2.65. The Hall–Kier alpha value is -3.16. The van der Waals surface area contributed by atoms with Gasteiger partial charge in [0.2, 0.25) is 0 Å². The number of amides is 1. The van der Waals surface area contributed by atoms with E-state index < -0.39 is 17.7 Å². The lowest BCUT2D eigenvalue weighted by Crippen LogP contribution is -2.29. The minimum atomic E-state index is -0.841. The molecule has 1 fully saturated rings. The summed E-state index contributed by atoms with van der Waals surface area (Å²) in [4.78, 5) is 31.7. The first-order chi connectivity index (χ1) is 15.5. The summed E-state index contributed by atoms with van der Waals surface area (Å²) in [6, 6.07) is 12.8. The second-order valence-electron chi connectivity index (χ2n) is 7.27. The molecule has 1 saturated heterocycles. The highest BCUT2D eigenvalue weighted by molar-refractivity contribution is 7.14. The SMILES string of the molecule is CCCCOc1cccc(C2/C(=C(\O)c3ccc(Cl)cc3)C(=O)C(=O)N2c2nccs2)c1. The van der Waals surface area contributed by atoms with Gasteiger partial charge in [0.15, 0.2) is 5.13 Å². The molecule has 4 rings (SSSR count). The predicted octanol–water partition coefficient (Wildman–Crippen LogP) is 5.60. The molecule has 2 heterocycles. The number of Topliss-reactive ketones (excluding diaryl/α,β-unsaturated/α-hetero) is 1. The number of aromatic nitrogens is 1. The Morgan fingerprint density at radius 2 is 2.00 bits per heavy atom. The van der Waals surface area contributed by atoms with Crippen molar-refractivity contribution in [1.29, 1.82) is 0 Å². The lowest BCUT2D eigenvalue weighted by molar-refractivity contribution is -0.132. The molecule has 0 saturated carbocycles. The monoisotopic (exact) mass is 468 g/mol. The topological polar surface area (TPSA) is 79.7 Å². The van der Waals surface area contributed by atoms with Crippen molar-refractivity contribution in [2.75, 3.05) is 11.5 Å². The lowest BCUT2D eigenvalue weighted by atomic mass is 9.95. The molecule has 6 nitrogen and oxygen atoms in total. The van der Waals surface area contributed by atoms with Crippen LogP contribution in [-0.2, 0) is 9.59 Å². The normalized spacial score (nSPS) is 17.7. The Balaban J connectivity index is 1.84. The number of benzene rings is 2. The van der Waals surface area contributed by atoms with Crippen molar-refractivity contribution < 1.29 is 19.4 Å². The smallest absolute Gasteiger partial charge is 0.301 e. The fourth-order valence-electron chi connectivity index (χ4n) is 3.55. The number of anilines is 1. The quantitative estimate of drug-likeness (QED) is 0.211. The summed E-state index contributed by atoms with van der Waals surface area (Å²) in [5.74, 6) is -1.14. The number of halogens is 1. The number of aliphatic hydroxyl groups excluding tert-OH is 1. The number of ether oxygens (including phenoxy) is 1. The summed E-state index contributed by atoms with van der Waals surface area (Å²) in [5.41, 5.74) is 1.04. The third-order valence-electron chi connectivity index (χ3n) is 5.13. The van der Waals surface area contributed by atoms with E-state index in [1.165, 1.54) is 16.2 Å². The molecule has 1 aliphatic heterocycles. The molecule has 1 amide bonds. The van der Waals surface area contributed by atoms with Gasteiger partial charge in [-0.05, 0) is 48.4 Å². The summed E-state index contributed by atoms with van der Waals surface area (Å²) in [7, 11) is 0. The van der Waals surface area contributed by atoms with Crippen LogP contribution in [0.5, 0.6) is 5.75 Å². The maximum atomic E-state index is 13.1. The summed E-state index contributed by atoms with van der Waals surface area (Å²) >= 11 is 7.21. The third kappa shape index (κ3) is 4.26. The number of thiazole rings is 1. The Bertz CT molecular complexity index is 1160. The van der Waals surface area contributed by atoms with Crippen LogP contribution < -0.4 is 9.64 Å². The van der Waals surface area contributed by atoms with Crippen molar-refractivity contribution in [2.45, 2.75) is 25.8 Å². The molecule has 2 aromatic carbocycles. The van der Waals surface area contributed by atoms with E-state index >= 15 is 0 Å². The van der Waals surface area contributed by atoms with Gasteiger partial charge in [-0.15, -0.1) is 11.3 Å². The number of carbonyl (C=O) groups excluding carboxylic acids is 2. The number of ketones is 1. The Morgan fingerprint density at radius 1 is 1.22 bits per heavy atom. The number of unbranched alkanes of at least 4 members (excludes halogenated alkanes) is 1. The maximum Gasteiger partial charge on any atom is 0.301 e. The Kier molecular flexibility index (Phi) is 6.58. The van der Waals surface area contributed by atoms with Gasteiger partial charge in [0.1, 0.15) is 11.5 Å². The molecule has 3 aromatic rings. The van der Waals surface area contributed by atoms with E-state index in [2.05, 4.69) is 11.9 Å². The first-order valence-electron chi connectivity index (χ1n) is 10.2. The highest BCUT2D eigenvalue weighted by Gasteiger charge is 2.48. The molecule has 1 aromatic heterocycles. The molecule has 0 bridgehead atoms. The van der Waals surface area contributed by atoms with E-state index in [1.807, 2.05) is 6.07 Å². The first kappa shape index (κ1) is 22.0. The summed E-state index contributed by atoms with van der Waals surface area (Å²) in [6.07, 6.45) is 3.49. The van der Waals surface area contributed by atoms with Crippen molar-refractivity contribution in [1.82, 2.24) is 4.98 Å². The molecule has 0 aliphatic carbocycles. The number of rotatable bonds is 7. The summed E-state index contributed by atoms with van der Waals surface area (Å²) in [5, 5.41) is 13.7. The highest BCUT2D eigenvalue weighted by atomic mass is 35.5. The number of hydrogen-bond donors (Lipinski definition) is 1. The van der Waals surface area contributed by atoms with Gasteiger partial charge in [0.05, 0.1) is 18.2 Å². The van der Waals surface area contributed by atoms with Gasteiger partial charge in [0.25, 0.3) is 5.78 Å². The second kappa shape index (κ2) is 9.54. The fraction of sp³-hybridized carbons (Fsp3) is 0.208. The number of hydrogen-bond acceptors (Lipinski definition) is 6. The van der Waals surface area contributed by atoms with Gasteiger partial charge in [-0.25, -0.2) is 4.98 Å². The van der Waals surface area contributed by atoms with Crippen LogP contribution in [0.2, 0.25) is 5.02 Å². The zero-order valence-corrected chi connectivity index (χ0v) is 18.9. The van der Waals surface area contributed by atoms with E-state index in [1.54, 1.807) is 54.0 Å². The molecule has 8 heteroatoms. The van der Waals surface area contributed by atoms with Gasteiger partial charge in [-0.2, -0.15) is 0 Å². The van der Waals surface area contributed by atoms with Crippen LogP contribution in [0.15, 0.2) is 65.7 Å². The third-order valence-corrected chi connectivity index (χ3v) is 6.15. The molecule has 1 atom stereocenters. The average molecular weight is 469 g/mol. The van der Waals surface area contributed by atoms with Crippen LogP contribution in [0.3, 0.4) is 0 Å². The highest BCUT2D eigenvalue weighted by Crippen LogP contribution is 2.43. The van der Waals surface area contributed by atoms with Crippen molar-refractivity contribution in [3.63, 3.8) is 0 Å². The second-order valence-corrected chi connectivity index (χ2v) is 8.57.